The average Bonchev–Trinajstić information content (AvgIpc) is 3.13. The van der Waals surface area contributed by atoms with E-state index in [0.29, 0.717) is 27.3 Å². The molecule has 0 aliphatic heterocycles. The number of carbonyl (C=O) groups is 1. The monoisotopic (exact) mass is 480 g/mol. The fourth-order valence-electron chi connectivity index (χ4n) is 2.90. The minimum atomic E-state index is -4.79. The van der Waals surface area contributed by atoms with Gasteiger partial charge in [-0.15, -0.1) is 11.3 Å². The number of nitrogens with one attached hydrogen (secondary N) is 1. The highest BCUT2D eigenvalue weighted by Gasteiger charge is 2.34. The Labute approximate surface area is 189 Å². The molecule has 2 aromatic carbocycles. The van der Waals surface area contributed by atoms with E-state index in [-0.39, 0.29) is 23.7 Å². The van der Waals surface area contributed by atoms with Crippen molar-refractivity contribution in [2.75, 3.05) is 11.2 Å². The Morgan fingerprint density at radius 3 is 2.50 bits per heavy atom. The zero-order valence-electron chi connectivity index (χ0n) is 16.8. The number of nitriles is 1. The molecule has 0 unspecified atom stereocenters. The van der Waals surface area contributed by atoms with Crippen molar-refractivity contribution in [3.63, 3.8) is 0 Å². The molecular formula is C21H16F4N4OS2. The molecule has 0 spiro atoms. The number of nitrogens with zero attached hydrogens (tertiary/aromatic N) is 3. The maximum absolute atomic E-state index is 14.1. The van der Waals surface area contributed by atoms with Crippen molar-refractivity contribution in [2.45, 2.75) is 19.6 Å². The number of benzene rings is 2. The number of hydrogen-bond donors (Lipinski definition) is 1. The van der Waals surface area contributed by atoms with E-state index >= 15 is 0 Å². The van der Waals surface area contributed by atoms with Gasteiger partial charge in [-0.05, 0) is 48.9 Å². The molecular weight excluding hydrogens is 464 g/mol. The number of amides is 1. The Bertz CT molecular complexity index is 1170. The van der Waals surface area contributed by atoms with Crippen molar-refractivity contribution in [3.05, 3.63) is 75.5 Å². The quantitative estimate of drug-likeness (QED) is 0.355. The van der Waals surface area contributed by atoms with Crippen LogP contribution in [-0.4, -0.2) is 17.1 Å². The van der Waals surface area contributed by atoms with Crippen LogP contribution in [0.1, 0.15) is 32.1 Å². The first-order chi connectivity index (χ1) is 15.1. The van der Waals surface area contributed by atoms with Gasteiger partial charge in [0.25, 0.3) is 5.91 Å². The standard InChI is InChI=1S/C21H16F4N4OS2/c1-12-18(19(30)28-31-2)27-20(32-12)29(15-6-3-13(10-26)4-7-15)11-14-5-8-16(17(22)9-14)21(23,24)25/h3-9H,11H2,1-2H3,(H,28,30). The highest BCUT2D eigenvalue weighted by Crippen LogP contribution is 2.35. The van der Waals surface area contributed by atoms with E-state index < -0.39 is 17.6 Å². The molecule has 1 amide bonds. The lowest BCUT2D eigenvalue weighted by Gasteiger charge is -2.22. The second-order valence-corrected chi connectivity index (χ2v) is 8.39. The van der Waals surface area contributed by atoms with E-state index in [1.54, 1.807) is 42.3 Å². The first-order valence-electron chi connectivity index (χ1n) is 9.08. The maximum Gasteiger partial charge on any atom is 0.419 e. The summed E-state index contributed by atoms with van der Waals surface area (Å²) < 4.78 is 55.4. The van der Waals surface area contributed by atoms with Crippen molar-refractivity contribution >= 4 is 40.0 Å². The fourth-order valence-corrected chi connectivity index (χ4v) is 4.11. The molecule has 0 aliphatic carbocycles. The molecule has 5 nitrogen and oxygen atoms in total. The number of alkyl halides is 3. The topological polar surface area (TPSA) is 69.0 Å². The van der Waals surface area contributed by atoms with Gasteiger partial charge < -0.3 is 4.90 Å². The molecule has 0 radical (unpaired) electrons. The first-order valence-corrected chi connectivity index (χ1v) is 11.1. The molecule has 0 bridgehead atoms. The summed E-state index contributed by atoms with van der Waals surface area (Å²) in [6.07, 6.45) is -3.09. The Balaban J connectivity index is 2.02. The maximum atomic E-state index is 14.1. The van der Waals surface area contributed by atoms with Crippen molar-refractivity contribution in [1.29, 1.82) is 5.26 Å². The van der Waals surface area contributed by atoms with Crippen LogP contribution >= 0.6 is 23.3 Å². The van der Waals surface area contributed by atoms with Gasteiger partial charge in [-0.25, -0.2) is 9.37 Å². The van der Waals surface area contributed by atoms with Crippen LogP contribution in [0, 0.1) is 24.1 Å². The summed E-state index contributed by atoms with van der Waals surface area (Å²) in [4.78, 5) is 19.0. The summed E-state index contributed by atoms with van der Waals surface area (Å²) in [7, 11) is 0. The van der Waals surface area contributed by atoms with Gasteiger partial charge in [-0.1, -0.05) is 18.0 Å². The third-order valence-electron chi connectivity index (χ3n) is 4.41. The van der Waals surface area contributed by atoms with Crippen LogP contribution in [0.5, 0.6) is 0 Å². The van der Waals surface area contributed by atoms with E-state index in [9.17, 15) is 22.4 Å². The molecule has 3 aromatic rings. The van der Waals surface area contributed by atoms with Gasteiger partial charge in [0.15, 0.2) is 5.13 Å². The van der Waals surface area contributed by atoms with E-state index in [0.717, 1.165) is 18.0 Å². The highest BCUT2D eigenvalue weighted by atomic mass is 32.2. The molecule has 3 rings (SSSR count). The van der Waals surface area contributed by atoms with Gasteiger partial charge in [0.05, 0.1) is 23.7 Å². The van der Waals surface area contributed by atoms with Crippen molar-refractivity contribution in [1.82, 2.24) is 9.71 Å². The Morgan fingerprint density at radius 1 is 1.25 bits per heavy atom. The van der Waals surface area contributed by atoms with Crippen molar-refractivity contribution in [2.24, 2.45) is 0 Å². The van der Waals surface area contributed by atoms with Crippen LogP contribution in [0.2, 0.25) is 0 Å². The van der Waals surface area contributed by atoms with Gasteiger partial charge in [-0.2, -0.15) is 18.4 Å². The van der Waals surface area contributed by atoms with Crippen LogP contribution in [0.25, 0.3) is 0 Å². The van der Waals surface area contributed by atoms with Gasteiger partial charge in [0, 0.05) is 16.8 Å². The number of halogens is 4. The predicted molar refractivity (Wildman–Crippen MR) is 116 cm³/mol. The van der Waals surface area contributed by atoms with Crippen LogP contribution in [0.3, 0.4) is 0 Å². The fraction of sp³-hybridized carbons (Fsp3) is 0.190. The Kier molecular flexibility index (Phi) is 7.06. The van der Waals surface area contributed by atoms with Crippen LogP contribution < -0.4 is 9.62 Å². The van der Waals surface area contributed by atoms with E-state index in [4.69, 9.17) is 5.26 Å². The van der Waals surface area contributed by atoms with Crippen molar-refractivity contribution < 1.29 is 22.4 Å². The van der Waals surface area contributed by atoms with Crippen LogP contribution in [0.4, 0.5) is 28.4 Å². The van der Waals surface area contributed by atoms with E-state index in [1.165, 1.54) is 17.4 Å². The summed E-state index contributed by atoms with van der Waals surface area (Å²) >= 11 is 2.34. The smallest absolute Gasteiger partial charge is 0.313 e. The molecule has 0 saturated carbocycles. The SMILES string of the molecule is CSNC(=O)c1nc(N(Cc2ccc(C(F)(F)F)c(F)c2)c2ccc(C#N)cc2)sc1C. The number of rotatable bonds is 6. The zero-order valence-corrected chi connectivity index (χ0v) is 18.5. The molecule has 1 aromatic heterocycles. The lowest BCUT2D eigenvalue weighted by Crippen LogP contribution is -2.19. The van der Waals surface area contributed by atoms with Gasteiger partial charge >= 0.3 is 6.18 Å². The number of hydrogen-bond acceptors (Lipinski definition) is 6. The Morgan fingerprint density at radius 2 is 1.94 bits per heavy atom. The molecule has 1 heterocycles. The molecule has 0 atom stereocenters. The summed E-state index contributed by atoms with van der Waals surface area (Å²) in [6, 6.07) is 11.2. The highest BCUT2D eigenvalue weighted by molar-refractivity contribution is 7.97. The minimum absolute atomic E-state index is 0.00248. The number of carbonyl (C=O) groups excluding carboxylic acids is 1. The molecule has 1 N–H and O–H groups in total. The minimum Gasteiger partial charge on any atom is -0.313 e. The summed E-state index contributed by atoms with van der Waals surface area (Å²) in [5.74, 6) is -1.75. The van der Waals surface area contributed by atoms with Gasteiger partial charge in [-0.3, -0.25) is 9.52 Å². The van der Waals surface area contributed by atoms with Crippen LogP contribution in [-0.2, 0) is 12.7 Å². The first kappa shape index (κ1) is 23.6. The van der Waals surface area contributed by atoms with Gasteiger partial charge in [0.1, 0.15) is 11.5 Å². The number of anilines is 2. The second-order valence-electron chi connectivity index (χ2n) is 6.59. The van der Waals surface area contributed by atoms with Crippen LogP contribution in [0.15, 0.2) is 42.5 Å². The molecule has 0 aliphatic rings. The third-order valence-corrected chi connectivity index (χ3v) is 5.80. The number of aryl methyl sites for hydroxylation is 1. The Hall–Kier alpha value is -3.10. The zero-order chi connectivity index (χ0) is 23.5. The lowest BCUT2D eigenvalue weighted by molar-refractivity contribution is -0.140. The number of aromatic nitrogens is 1. The van der Waals surface area contributed by atoms with E-state index in [1.807, 2.05) is 6.07 Å². The molecule has 0 saturated heterocycles. The van der Waals surface area contributed by atoms with Gasteiger partial charge in [0.2, 0.25) is 0 Å². The molecule has 166 valence electrons. The summed E-state index contributed by atoms with van der Waals surface area (Å²) in [6.45, 7) is 1.72. The predicted octanol–water partition coefficient (Wildman–Crippen LogP) is 5.83. The average molecular weight is 481 g/mol. The van der Waals surface area contributed by atoms with E-state index in [2.05, 4.69) is 9.71 Å². The molecule has 11 heteroatoms. The molecule has 0 fully saturated rings. The largest absolute Gasteiger partial charge is 0.419 e. The van der Waals surface area contributed by atoms with Crippen molar-refractivity contribution in [3.8, 4) is 6.07 Å². The third kappa shape index (κ3) is 5.20. The second kappa shape index (κ2) is 9.58. The molecule has 32 heavy (non-hydrogen) atoms. The normalized spacial score (nSPS) is 11.2. The number of thiazole rings is 1. The lowest BCUT2D eigenvalue weighted by atomic mass is 10.1. The summed E-state index contributed by atoms with van der Waals surface area (Å²) in [5.41, 5.74) is 0.159. The summed E-state index contributed by atoms with van der Waals surface area (Å²) in [5, 5.41) is 9.44.